The van der Waals surface area contributed by atoms with Gasteiger partial charge in [0.25, 0.3) is 5.91 Å². The van der Waals surface area contributed by atoms with Gasteiger partial charge in [-0.3, -0.25) is 4.79 Å². The SMILES string of the molecule is COc1cccc(CNC(=O)COC(=O)c2ccc(OCCC(C)C)cc2)c1. The van der Waals surface area contributed by atoms with E-state index in [0.717, 1.165) is 17.7 Å². The van der Waals surface area contributed by atoms with E-state index in [1.165, 1.54) is 0 Å². The van der Waals surface area contributed by atoms with Gasteiger partial charge in [0.1, 0.15) is 11.5 Å². The van der Waals surface area contributed by atoms with Gasteiger partial charge in [-0.1, -0.05) is 26.0 Å². The van der Waals surface area contributed by atoms with Gasteiger partial charge in [0.15, 0.2) is 6.61 Å². The van der Waals surface area contributed by atoms with Gasteiger partial charge in [-0.15, -0.1) is 0 Å². The normalized spacial score (nSPS) is 10.4. The van der Waals surface area contributed by atoms with Crippen molar-refractivity contribution < 1.29 is 23.8 Å². The summed E-state index contributed by atoms with van der Waals surface area (Å²) in [7, 11) is 1.58. The van der Waals surface area contributed by atoms with Crippen molar-refractivity contribution in [3.05, 3.63) is 59.7 Å². The van der Waals surface area contributed by atoms with E-state index in [2.05, 4.69) is 19.2 Å². The Morgan fingerprint density at radius 1 is 1.04 bits per heavy atom. The van der Waals surface area contributed by atoms with Crippen molar-refractivity contribution >= 4 is 11.9 Å². The molecule has 0 bridgehead atoms. The minimum Gasteiger partial charge on any atom is -0.497 e. The summed E-state index contributed by atoms with van der Waals surface area (Å²) in [6, 6.07) is 14.1. The topological polar surface area (TPSA) is 73.9 Å². The number of benzene rings is 2. The molecule has 0 unspecified atom stereocenters. The minimum absolute atomic E-state index is 0.329. The molecule has 0 radical (unpaired) electrons. The van der Waals surface area contributed by atoms with Gasteiger partial charge in [-0.05, 0) is 54.3 Å². The molecule has 0 saturated heterocycles. The van der Waals surface area contributed by atoms with Crippen LogP contribution in [0.1, 0.15) is 36.2 Å². The van der Waals surface area contributed by atoms with Crippen molar-refractivity contribution in [3.8, 4) is 11.5 Å². The largest absolute Gasteiger partial charge is 0.497 e. The van der Waals surface area contributed by atoms with Crippen LogP contribution in [-0.4, -0.2) is 32.2 Å². The second-order valence-corrected chi connectivity index (χ2v) is 6.76. The zero-order valence-electron chi connectivity index (χ0n) is 16.6. The number of amides is 1. The fraction of sp³-hybridized carbons (Fsp3) is 0.364. The molecule has 0 saturated carbocycles. The highest BCUT2D eigenvalue weighted by molar-refractivity contribution is 5.91. The third kappa shape index (κ3) is 7.31. The third-order valence-electron chi connectivity index (χ3n) is 4.01. The summed E-state index contributed by atoms with van der Waals surface area (Å²) in [5, 5.41) is 2.71. The van der Waals surface area contributed by atoms with E-state index >= 15 is 0 Å². The lowest BCUT2D eigenvalue weighted by atomic mass is 10.1. The van der Waals surface area contributed by atoms with Crippen LogP contribution in [0, 0.1) is 5.92 Å². The summed E-state index contributed by atoms with van der Waals surface area (Å²) in [6.07, 6.45) is 0.967. The molecular weight excluding hydrogens is 358 g/mol. The molecule has 2 aromatic rings. The molecule has 1 N–H and O–H groups in total. The molecule has 0 fully saturated rings. The first-order chi connectivity index (χ1) is 13.5. The monoisotopic (exact) mass is 385 g/mol. The number of carbonyl (C=O) groups is 2. The Morgan fingerprint density at radius 3 is 2.46 bits per heavy atom. The van der Waals surface area contributed by atoms with Gasteiger partial charge < -0.3 is 19.5 Å². The smallest absolute Gasteiger partial charge is 0.338 e. The van der Waals surface area contributed by atoms with Gasteiger partial charge in [-0.25, -0.2) is 4.79 Å². The quantitative estimate of drug-likeness (QED) is 0.633. The lowest BCUT2D eigenvalue weighted by Gasteiger charge is -2.09. The molecule has 0 heterocycles. The number of carbonyl (C=O) groups excluding carboxylic acids is 2. The summed E-state index contributed by atoms with van der Waals surface area (Å²) in [5.41, 5.74) is 1.27. The molecule has 1 amide bonds. The minimum atomic E-state index is -0.551. The number of ether oxygens (including phenoxy) is 3. The molecule has 150 valence electrons. The second-order valence-electron chi connectivity index (χ2n) is 6.76. The Morgan fingerprint density at radius 2 is 1.79 bits per heavy atom. The summed E-state index contributed by atoms with van der Waals surface area (Å²) in [5.74, 6) is 1.07. The van der Waals surface area contributed by atoms with E-state index < -0.39 is 5.97 Å². The molecule has 2 rings (SSSR count). The lowest BCUT2D eigenvalue weighted by Crippen LogP contribution is -2.28. The summed E-state index contributed by atoms with van der Waals surface area (Å²) < 4.78 is 15.8. The van der Waals surface area contributed by atoms with Crippen molar-refractivity contribution in [1.29, 1.82) is 0 Å². The standard InChI is InChI=1S/C22H27NO5/c1-16(2)11-12-27-19-9-7-18(8-10-19)22(25)28-15-21(24)23-14-17-5-4-6-20(13-17)26-3/h4-10,13,16H,11-12,14-15H2,1-3H3,(H,23,24). The third-order valence-corrected chi connectivity index (χ3v) is 4.01. The Hall–Kier alpha value is -3.02. The van der Waals surface area contributed by atoms with Crippen LogP contribution in [0.4, 0.5) is 0 Å². The molecule has 6 nitrogen and oxygen atoms in total. The Kier molecular flexibility index (Phi) is 8.34. The number of esters is 1. The van der Waals surface area contributed by atoms with E-state index in [4.69, 9.17) is 14.2 Å². The highest BCUT2D eigenvalue weighted by atomic mass is 16.5. The van der Waals surface area contributed by atoms with E-state index in [1.807, 2.05) is 24.3 Å². The molecule has 0 atom stereocenters. The molecule has 28 heavy (non-hydrogen) atoms. The van der Waals surface area contributed by atoms with Crippen LogP contribution in [0.25, 0.3) is 0 Å². The average Bonchev–Trinajstić information content (AvgIpc) is 2.71. The fourth-order valence-corrected chi connectivity index (χ4v) is 2.35. The van der Waals surface area contributed by atoms with Crippen molar-refractivity contribution in [2.24, 2.45) is 5.92 Å². The van der Waals surface area contributed by atoms with E-state index in [1.54, 1.807) is 31.4 Å². The van der Waals surface area contributed by atoms with Crippen LogP contribution < -0.4 is 14.8 Å². The Balaban J connectivity index is 1.74. The number of nitrogens with one attached hydrogen (secondary N) is 1. The molecule has 0 aliphatic carbocycles. The van der Waals surface area contributed by atoms with E-state index in [-0.39, 0.29) is 12.5 Å². The van der Waals surface area contributed by atoms with Gasteiger partial charge >= 0.3 is 5.97 Å². The second kappa shape index (κ2) is 11.0. The van der Waals surface area contributed by atoms with Crippen LogP contribution >= 0.6 is 0 Å². The maximum absolute atomic E-state index is 12.1. The molecule has 0 spiro atoms. The van der Waals surface area contributed by atoms with Crippen LogP contribution in [0.5, 0.6) is 11.5 Å². The van der Waals surface area contributed by atoms with Crippen molar-refractivity contribution in [3.63, 3.8) is 0 Å². The average molecular weight is 385 g/mol. The van der Waals surface area contributed by atoms with Crippen LogP contribution in [-0.2, 0) is 16.1 Å². The lowest BCUT2D eigenvalue weighted by molar-refractivity contribution is -0.124. The van der Waals surface area contributed by atoms with Crippen molar-refractivity contribution in [1.82, 2.24) is 5.32 Å². The maximum Gasteiger partial charge on any atom is 0.338 e. The summed E-state index contributed by atoms with van der Waals surface area (Å²) >= 11 is 0. The van der Waals surface area contributed by atoms with Crippen molar-refractivity contribution in [2.45, 2.75) is 26.8 Å². The highest BCUT2D eigenvalue weighted by Gasteiger charge is 2.10. The number of hydrogen-bond donors (Lipinski definition) is 1. The van der Waals surface area contributed by atoms with Gasteiger partial charge in [0.2, 0.25) is 0 Å². The first-order valence-corrected chi connectivity index (χ1v) is 9.27. The number of hydrogen-bond acceptors (Lipinski definition) is 5. The first-order valence-electron chi connectivity index (χ1n) is 9.27. The van der Waals surface area contributed by atoms with Crippen LogP contribution in [0.2, 0.25) is 0 Å². The molecule has 0 aromatic heterocycles. The van der Waals surface area contributed by atoms with Gasteiger partial charge in [0, 0.05) is 6.54 Å². The molecule has 0 aliphatic rings. The molecule has 2 aromatic carbocycles. The number of rotatable bonds is 10. The maximum atomic E-state index is 12.1. The zero-order chi connectivity index (χ0) is 20.4. The van der Waals surface area contributed by atoms with Crippen LogP contribution in [0.3, 0.4) is 0 Å². The molecule has 6 heteroatoms. The van der Waals surface area contributed by atoms with Crippen LogP contribution in [0.15, 0.2) is 48.5 Å². The highest BCUT2D eigenvalue weighted by Crippen LogP contribution is 2.14. The van der Waals surface area contributed by atoms with Gasteiger partial charge in [0.05, 0.1) is 19.3 Å². The first kappa shape index (κ1) is 21.3. The Bertz CT molecular complexity index is 771. The van der Waals surface area contributed by atoms with E-state index in [0.29, 0.717) is 30.4 Å². The predicted molar refractivity (Wildman–Crippen MR) is 107 cm³/mol. The summed E-state index contributed by atoms with van der Waals surface area (Å²) in [4.78, 5) is 24.0. The molecule has 0 aliphatic heterocycles. The predicted octanol–water partition coefficient (Wildman–Crippen LogP) is 3.59. The summed E-state index contributed by atoms with van der Waals surface area (Å²) in [6.45, 7) is 4.89. The fourth-order valence-electron chi connectivity index (χ4n) is 2.35. The van der Waals surface area contributed by atoms with Gasteiger partial charge in [-0.2, -0.15) is 0 Å². The zero-order valence-corrected chi connectivity index (χ0v) is 16.6. The van der Waals surface area contributed by atoms with E-state index in [9.17, 15) is 9.59 Å². The molecular formula is C22H27NO5. The Labute approximate surface area is 165 Å². The number of methoxy groups -OCH3 is 1. The van der Waals surface area contributed by atoms with Crippen molar-refractivity contribution in [2.75, 3.05) is 20.3 Å².